The molecule has 1 aliphatic rings. The summed E-state index contributed by atoms with van der Waals surface area (Å²) in [5, 5.41) is 5.12. The lowest BCUT2D eigenvalue weighted by Crippen LogP contribution is -2.42. The average Bonchev–Trinajstić information content (AvgIpc) is 3.22. The van der Waals surface area contributed by atoms with Crippen molar-refractivity contribution in [2.24, 2.45) is 0 Å². The number of carbonyl (C=O) groups is 2. The molecule has 1 saturated heterocycles. The lowest BCUT2D eigenvalue weighted by atomic mass is 10.2. The van der Waals surface area contributed by atoms with Crippen LogP contribution >= 0.6 is 0 Å². The zero-order chi connectivity index (χ0) is 19.1. The number of hydrogen-bond donors (Lipinski definition) is 2. The lowest BCUT2D eigenvalue weighted by Gasteiger charge is -2.15. The maximum Gasteiger partial charge on any atom is 0.315 e. The molecule has 0 unspecified atom stereocenters. The molecule has 1 aromatic carbocycles. The highest BCUT2D eigenvalue weighted by molar-refractivity contribution is 5.84. The largest absolute Gasteiger partial charge is 0.453 e. The fraction of sp³-hybridized carbons (Fsp3) is 0.316. The number of carbonyl (C=O) groups excluding carboxylic acids is 2. The van der Waals surface area contributed by atoms with Crippen LogP contribution in [0.25, 0.3) is 0 Å². The fourth-order valence-corrected chi connectivity index (χ4v) is 2.75. The summed E-state index contributed by atoms with van der Waals surface area (Å²) in [6.45, 7) is 1.58. The van der Waals surface area contributed by atoms with Gasteiger partial charge in [-0.25, -0.2) is 9.18 Å². The van der Waals surface area contributed by atoms with E-state index in [1.165, 1.54) is 18.3 Å². The Balaban J connectivity index is 1.45. The van der Waals surface area contributed by atoms with Gasteiger partial charge in [-0.2, -0.15) is 0 Å². The molecule has 3 amide bonds. The van der Waals surface area contributed by atoms with Crippen molar-refractivity contribution in [1.82, 2.24) is 20.5 Å². The van der Waals surface area contributed by atoms with Crippen molar-refractivity contribution in [2.45, 2.75) is 19.4 Å². The monoisotopic (exact) mass is 372 g/mol. The first-order valence-corrected chi connectivity index (χ1v) is 8.77. The number of likely N-dealkylation sites (tertiary alicyclic amines) is 1. The van der Waals surface area contributed by atoms with Crippen LogP contribution in [0.15, 0.2) is 42.7 Å². The number of benzene rings is 1. The standard InChI is InChI=1S/C19H21FN4O3/c20-16-10-14(5-6-17(16)27-15-4-3-7-21-12-15)11-22-19(26)23-13-18(25)24-8-1-2-9-24/h3-7,10,12H,1-2,8-9,11,13H2,(H2,22,23,26). The van der Waals surface area contributed by atoms with Gasteiger partial charge in [0.15, 0.2) is 11.6 Å². The summed E-state index contributed by atoms with van der Waals surface area (Å²) in [5.74, 6) is -0.120. The molecule has 0 spiro atoms. The summed E-state index contributed by atoms with van der Waals surface area (Å²) in [7, 11) is 0. The zero-order valence-corrected chi connectivity index (χ0v) is 14.8. The van der Waals surface area contributed by atoms with Gasteiger partial charge in [0.25, 0.3) is 0 Å². The van der Waals surface area contributed by atoms with Gasteiger partial charge in [0.2, 0.25) is 5.91 Å². The highest BCUT2D eigenvalue weighted by atomic mass is 19.1. The van der Waals surface area contributed by atoms with E-state index in [1.807, 2.05) is 0 Å². The first-order valence-electron chi connectivity index (χ1n) is 8.77. The van der Waals surface area contributed by atoms with Crippen molar-refractivity contribution in [2.75, 3.05) is 19.6 Å². The van der Waals surface area contributed by atoms with Gasteiger partial charge in [0.1, 0.15) is 5.75 Å². The average molecular weight is 372 g/mol. The van der Waals surface area contributed by atoms with Crippen LogP contribution in [0.5, 0.6) is 11.5 Å². The minimum atomic E-state index is -0.539. The van der Waals surface area contributed by atoms with Gasteiger partial charge >= 0.3 is 6.03 Å². The summed E-state index contributed by atoms with van der Waals surface area (Å²) in [5.41, 5.74) is 0.576. The molecule has 2 N–H and O–H groups in total. The lowest BCUT2D eigenvalue weighted by molar-refractivity contribution is -0.128. The van der Waals surface area contributed by atoms with Crippen molar-refractivity contribution < 1.29 is 18.7 Å². The van der Waals surface area contributed by atoms with E-state index >= 15 is 0 Å². The molecular weight excluding hydrogens is 351 g/mol. The van der Waals surface area contributed by atoms with Crippen LogP contribution in [0, 0.1) is 5.82 Å². The van der Waals surface area contributed by atoms with E-state index in [0.29, 0.717) is 11.3 Å². The van der Waals surface area contributed by atoms with E-state index in [0.717, 1.165) is 25.9 Å². The summed E-state index contributed by atoms with van der Waals surface area (Å²) in [6.07, 6.45) is 5.10. The zero-order valence-electron chi connectivity index (χ0n) is 14.8. The molecular formula is C19H21FN4O3. The Bertz CT molecular complexity index is 795. The molecule has 2 aromatic rings. The van der Waals surface area contributed by atoms with Crippen LogP contribution in [-0.2, 0) is 11.3 Å². The van der Waals surface area contributed by atoms with Crippen molar-refractivity contribution in [1.29, 1.82) is 0 Å². The van der Waals surface area contributed by atoms with Gasteiger partial charge in [-0.3, -0.25) is 9.78 Å². The molecule has 0 bridgehead atoms. The first kappa shape index (κ1) is 18.6. The van der Waals surface area contributed by atoms with Gasteiger partial charge in [0.05, 0.1) is 12.7 Å². The van der Waals surface area contributed by atoms with Crippen LogP contribution in [-0.4, -0.2) is 41.5 Å². The summed E-state index contributed by atoms with van der Waals surface area (Å²) in [6, 6.07) is 7.34. The number of ether oxygens (including phenoxy) is 1. The molecule has 0 atom stereocenters. The highest BCUT2D eigenvalue weighted by Crippen LogP contribution is 2.24. The van der Waals surface area contributed by atoms with Crippen molar-refractivity contribution in [3.05, 3.63) is 54.1 Å². The Hall–Kier alpha value is -3.16. The molecule has 7 nitrogen and oxygen atoms in total. The maximum atomic E-state index is 14.2. The summed E-state index contributed by atoms with van der Waals surface area (Å²) in [4.78, 5) is 29.3. The number of nitrogens with zero attached hydrogens (tertiary/aromatic N) is 2. The minimum Gasteiger partial charge on any atom is -0.453 e. The molecule has 1 fully saturated rings. The number of aromatic nitrogens is 1. The molecule has 0 radical (unpaired) electrons. The highest BCUT2D eigenvalue weighted by Gasteiger charge is 2.18. The van der Waals surface area contributed by atoms with E-state index < -0.39 is 11.8 Å². The van der Waals surface area contributed by atoms with Crippen LogP contribution < -0.4 is 15.4 Å². The number of rotatable bonds is 6. The molecule has 2 heterocycles. The Morgan fingerprint density at radius 2 is 2.00 bits per heavy atom. The Morgan fingerprint density at radius 1 is 1.19 bits per heavy atom. The Labute approximate surface area is 156 Å². The first-order chi connectivity index (χ1) is 13.1. The number of amides is 3. The second-order valence-corrected chi connectivity index (χ2v) is 6.18. The van der Waals surface area contributed by atoms with Crippen molar-refractivity contribution in [3.63, 3.8) is 0 Å². The smallest absolute Gasteiger partial charge is 0.315 e. The molecule has 1 aromatic heterocycles. The third kappa shape index (κ3) is 5.40. The van der Waals surface area contributed by atoms with Gasteiger partial charge in [0, 0.05) is 25.8 Å². The predicted octanol–water partition coefficient (Wildman–Crippen LogP) is 2.43. The normalized spacial score (nSPS) is 13.3. The van der Waals surface area contributed by atoms with Gasteiger partial charge in [-0.05, 0) is 42.7 Å². The SMILES string of the molecule is O=C(NCC(=O)N1CCCC1)NCc1ccc(Oc2cccnc2)c(F)c1. The summed E-state index contributed by atoms with van der Waals surface area (Å²) >= 11 is 0. The number of halogens is 1. The third-order valence-corrected chi connectivity index (χ3v) is 4.17. The van der Waals surface area contributed by atoms with Crippen LogP contribution in [0.3, 0.4) is 0 Å². The molecule has 27 heavy (non-hydrogen) atoms. The molecule has 1 aliphatic heterocycles. The van der Waals surface area contributed by atoms with Crippen LogP contribution in [0.4, 0.5) is 9.18 Å². The quantitative estimate of drug-likeness (QED) is 0.816. The van der Waals surface area contributed by atoms with E-state index in [-0.39, 0.29) is 24.7 Å². The topological polar surface area (TPSA) is 83.6 Å². The molecule has 8 heteroatoms. The second-order valence-electron chi connectivity index (χ2n) is 6.18. The summed E-state index contributed by atoms with van der Waals surface area (Å²) < 4.78 is 19.6. The van der Waals surface area contributed by atoms with Crippen molar-refractivity contribution >= 4 is 11.9 Å². The predicted molar refractivity (Wildman–Crippen MR) is 96.8 cm³/mol. The second kappa shape index (κ2) is 8.98. The third-order valence-electron chi connectivity index (χ3n) is 4.17. The van der Waals surface area contributed by atoms with Gasteiger partial charge < -0.3 is 20.3 Å². The fourth-order valence-electron chi connectivity index (χ4n) is 2.75. The number of pyridine rings is 1. The number of hydrogen-bond acceptors (Lipinski definition) is 4. The molecule has 0 saturated carbocycles. The Kier molecular flexibility index (Phi) is 6.19. The molecule has 0 aliphatic carbocycles. The number of urea groups is 1. The van der Waals surface area contributed by atoms with Gasteiger partial charge in [-0.1, -0.05) is 6.07 Å². The van der Waals surface area contributed by atoms with E-state index in [2.05, 4.69) is 15.6 Å². The van der Waals surface area contributed by atoms with E-state index in [9.17, 15) is 14.0 Å². The number of nitrogens with one attached hydrogen (secondary N) is 2. The van der Waals surface area contributed by atoms with E-state index in [4.69, 9.17) is 4.74 Å². The minimum absolute atomic E-state index is 0.0436. The maximum absolute atomic E-state index is 14.2. The van der Waals surface area contributed by atoms with Gasteiger partial charge in [-0.15, -0.1) is 0 Å². The van der Waals surface area contributed by atoms with Crippen LogP contribution in [0.2, 0.25) is 0 Å². The van der Waals surface area contributed by atoms with E-state index in [1.54, 1.807) is 29.3 Å². The molecule has 142 valence electrons. The Morgan fingerprint density at radius 3 is 2.70 bits per heavy atom. The van der Waals surface area contributed by atoms with Crippen molar-refractivity contribution in [3.8, 4) is 11.5 Å². The molecule has 3 rings (SSSR count). The van der Waals surface area contributed by atoms with Crippen LogP contribution in [0.1, 0.15) is 18.4 Å².